The molecule has 9 heteroatoms. The fraction of sp³-hybridized carbons (Fsp3) is 0.231. The molecule has 0 aliphatic heterocycles. The first-order valence-electron chi connectivity index (χ1n) is 11.0. The van der Waals surface area contributed by atoms with E-state index < -0.39 is 28.5 Å². The number of sulfonamides is 1. The first-order valence-corrected chi connectivity index (χ1v) is 13.3. The van der Waals surface area contributed by atoms with E-state index in [-0.39, 0.29) is 17.3 Å². The molecule has 0 bridgehead atoms. The number of nitrogens with zero attached hydrogens (tertiary/aromatic N) is 2. The summed E-state index contributed by atoms with van der Waals surface area (Å²) in [4.78, 5) is 27.7. The molecule has 1 unspecified atom stereocenters. The number of benzene rings is 3. The second-order valence-corrected chi connectivity index (χ2v) is 10.8. The average Bonchev–Trinajstić information content (AvgIpc) is 2.85. The van der Waals surface area contributed by atoms with Crippen LogP contribution in [0.25, 0.3) is 0 Å². The van der Waals surface area contributed by atoms with Crippen molar-refractivity contribution in [2.45, 2.75) is 31.3 Å². The number of para-hydroxylation sites is 1. The van der Waals surface area contributed by atoms with Crippen LogP contribution < -0.4 is 9.62 Å². The Morgan fingerprint density at radius 2 is 1.63 bits per heavy atom. The van der Waals surface area contributed by atoms with Gasteiger partial charge < -0.3 is 10.2 Å². The number of nitrogens with one attached hydrogen (secondary N) is 1. The predicted molar refractivity (Wildman–Crippen MR) is 140 cm³/mol. The van der Waals surface area contributed by atoms with Gasteiger partial charge in [0.05, 0.1) is 10.6 Å². The topological polar surface area (TPSA) is 86.8 Å². The largest absolute Gasteiger partial charge is 0.357 e. The van der Waals surface area contributed by atoms with Gasteiger partial charge in [0.25, 0.3) is 10.0 Å². The van der Waals surface area contributed by atoms with Gasteiger partial charge in [-0.15, -0.1) is 0 Å². The van der Waals surface area contributed by atoms with Crippen molar-refractivity contribution >= 4 is 43.5 Å². The summed E-state index contributed by atoms with van der Waals surface area (Å²) in [5, 5.41) is 2.57. The molecule has 0 heterocycles. The highest BCUT2D eigenvalue weighted by molar-refractivity contribution is 9.10. The number of hydrogen-bond donors (Lipinski definition) is 1. The van der Waals surface area contributed by atoms with E-state index in [1.807, 2.05) is 24.3 Å². The fourth-order valence-corrected chi connectivity index (χ4v) is 5.65. The van der Waals surface area contributed by atoms with Gasteiger partial charge in [-0.3, -0.25) is 13.9 Å². The molecule has 184 valence electrons. The Kier molecular flexibility index (Phi) is 8.69. The van der Waals surface area contributed by atoms with E-state index >= 15 is 0 Å². The van der Waals surface area contributed by atoms with Crippen molar-refractivity contribution in [3.05, 3.63) is 94.5 Å². The van der Waals surface area contributed by atoms with E-state index in [1.54, 1.807) is 56.3 Å². The van der Waals surface area contributed by atoms with Crippen molar-refractivity contribution in [2.24, 2.45) is 0 Å². The van der Waals surface area contributed by atoms with Gasteiger partial charge in [-0.1, -0.05) is 64.5 Å². The third-order valence-corrected chi connectivity index (χ3v) is 7.92. The van der Waals surface area contributed by atoms with Crippen molar-refractivity contribution in [3.8, 4) is 0 Å². The zero-order valence-corrected chi connectivity index (χ0v) is 22.2. The van der Waals surface area contributed by atoms with Gasteiger partial charge in [-0.25, -0.2) is 8.42 Å². The molecular weight excluding hydrogens is 530 g/mol. The van der Waals surface area contributed by atoms with Crippen LogP contribution in [0.5, 0.6) is 0 Å². The molecule has 1 N–H and O–H groups in total. The molecule has 0 aromatic heterocycles. The van der Waals surface area contributed by atoms with Crippen molar-refractivity contribution in [3.63, 3.8) is 0 Å². The lowest BCUT2D eigenvalue weighted by atomic mass is 10.1. The summed E-state index contributed by atoms with van der Waals surface area (Å²) in [6.45, 7) is 3.09. The maximum atomic E-state index is 13.7. The van der Waals surface area contributed by atoms with Crippen LogP contribution in [-0.4, -0.2) is 44.8 Å². The molecule has 1 atom stereocenters. The molecule has 2 amide bonds. The minimum Gasteiger partial charge on any atom is -0.357 e. The summed E-state index contributed by atoms with van der Waals surface area (Å²) < 4.78 is 29.3. The summed E-state index contributed by atoms with van der Waals surface area (Å²) in [6.07, 6.45) is 0. The Morgan fingerprint density at radius 1 is 0.971 bits per heavy atom. The van der Waals surface area contributed by atoms with Crippen LogP contribution in [-0.2, 0) is 26.2 Å². The second kappa shape index (κ2) is 11.5. The zero-order chi connectivity index (χ0) is 25.6. The van der Waals surface area contributed by atoms with Crippen LogP contribution in [0.3, 0.4) is 0 Å². The molecule has 0 saturated carbocycles. The molecular formula is C26H28BrN3O4S. The van der Waals surface area contributed by atoms with Gasteiger partial charge in [-0.05, 0) is 55.3 Å². The number of carbonyl (C=O) groups is 2. The normalized spacial score (nSPS) is 12.0. The standard InChI is InChI=1S/C26H28BrN3O4S/c1-19-10-7-8-15-24(19)30(35(33,34)23-13-5-4-6-14-23)18-25(31)29(20(2)26(32)28-3)17-21-11-9-12-22(27)16-21/h4-16,20H,17-18H2,1-3H3,(H,28,32). The summed E-state index contributed by atoms with van der Waals surface area (Å²) in [6, 6.07) is 21.6. The Balaban J connectivity index is 2.04. The van der Waals surface area contributed by atoms with Crippen molar-refractivity contribution in [1.29, 1.82) is 0 Å². The number of carbonyl (C=O) groups excluding carboxylic acids is 2. The van der Waals surface area contributed by atoms with Crippen molar-refractivity contribution in [1.82, 2.24) is 10.2 Å². The molecule has 3 aromatic rings. The molecule has 35 heavy (non-hydrogen) atoms. The lowest BCUT2D eigenvalue weighted by Crippen LogP contribution is -2.50. The molecule has 0 aliphatic carbocycles. The first kappa shape index (κ1) is 26.4. The minimum atomic E-state index is -4.06. The van der Waals surface area contributed by atoms with Crippen LogP contribution in [0.1, 0.15) is 18.1 Å². The van der Waals surface area contributed by atoms with Gasteiger partial charge in [-0.2, -0.15) is 0 Å². The van der Waals surface area contributed by atoms with Gasteiger partial charge in [0, 0.05) is 18.1 Å². The Labute approximate surface area is 214 Å². The van der Waals surface area contributed by atoms with E-state index in [0.29, 0.717) is 11.3 Å². The smallest absolute Gasteiger partial charge is 0.264 e. The molecule has 0 spiro atoms. The quantitative estimate of drug-likeness (QED) is 0.428. The van der Waals surface area contributed by atoms with Gasteiger partial charge in [0.1, 0.15) is 12.6 Å². The van der Waals surface area contributed by atoms with Gasteiger partial charge >= 0.3 is 0 Å². The number of anilines is 1. The Hall–Kier alpha value is -3.17. The zero-order valence-electron chi connectivity index (χ0n) is 19.8. The van der Waals surface area contributed by atoms with Gasteiger partial charge in [0.15, 0.2) is 0 Å². The van der Waals surface area contributed by atoms with Crippen LogP contribution in [0.4, 0.5) is 5.69 Å². The lowest BCUT2D eigenvalue weighted by molar-refractivity contribution is -0.139. The number of rotatable bonds is 9. The molecule has 3 rings (SSSR count). The number of halogens is 1. The number of likely N-dealkylation sites (N-methyl/N-ethyl adjacent to an activating group) is 1. The summed E-state index contributed by atoms with van der Waals surface area (Å²) in [5.74, 6) is -0.842. The summed E-state index contributed by atoms with van der Waals surface area (Å²) in [5.41, 5.74) is 1.91. The van der Waals surface area contributed by atoms with Crippen LogP contribution in [0, 0.1) is 6.92 Å². The highest BCUT2D eigenvalue weighted by Crippen LogP contribution is 2.27. The highest BCUT2D eigenvalue weighted by atomic mass is 79.9. The van der Waals surface area contributed by atoms with Crippen molar-refractivity contribution < 1.29 is 18.0 Å². The first-order chi connectivity index (χ1) is 16.6. The van der Waals surface area contributed by atoms with E-state index in [1.165, 1.54) is 24.1 Å². The molecule has 0 radical (unpaired) electrons. The molecule has 0 fully saturated rings. The number of hydrogen-bond acceptors (Lipinski definition) is 4. The molecule has 0 aliphatic rings. The average molecular weight is 558 g/mol. The predicted octanol–water partition coefficient (Wildman–Crippen LogP) is 4.12. The summed E-state index contributed by atoms with van der Waals surface area (Å²) >= 11 is 3.43. The molecule has 3 aromatic carbocycles. The maximum Gasteiger partial charge on any atom is 0.264 e. The SMILES string of the molecule is CNC(=O)C(C)N(Cc1cccc(Br)c1)C(=O)CN(c1ccccc1C)S(=O)(=O)c1ccccc1. The Morgan fingerprint density at radius 3 is 2.26 bits per heavy atom. The van der Waals surface area contributed by atoms with E-state index in [0.717, 1.165) is 14.3 Å². The van der Waals surface area contributed by atoms with Gasteiger partial charge in [0.2, 0.25) is 11.8 Å². The molecule has 7 nitrogen and oxygen atoms in total. The van der Waals surface area contributed by atoms with Crippen molar-refractivity contribution in [2.75, 3.05) is 17.9 Å². The maximum absolute atomic E-state index is 13.7. The highest BCUT2D eigenvalue weighted by Gasteiger charge is 2.32. The van der Waals surface area contributed by atoms with Crippen LogP contribution in [0.15, 0.2) is 88.2 Å². The second-order valence-electron chi connectivity index (χ2n) is 8.05. The number of amides is 2. The summed E-state index contributed by atoms with van der Waals surface area (Å²) in [7, 11) is -2.56. The van der Waals surface area contributed by atoms with Crippen LogP contribution in [0.2, 0.25) is 0 Å². The van der Waals surface area contributed by atoms with Crippen LogP contribution >= 0.6 is 15.9 Å². The van der Waals surface area contributed by atoms with E-state index in [2.05, 4.69) is 21.2 Å². The molecule has 0 saturated heterocycles. The van der Waals surface area contributed by atoms with E-state index in [9.17, 15) is 18.0 Å². The fourth-order valence-electron chi connectivity index (χ4n) is 3.70. The Bertz CT molecular complexity index is 1300. The lowest BCUT2D eigenvalue weighted by Gasteiger charge is -2.32. The third kappa shape index (κ3) is 6.29. The third-order valence-electron chi connectivity index (χ3n) is 5.65. The minimum absolute atomic E-state index is 0.0777. The number of aryl methyl sites for hydroxylation is 1. The van der Waals surface area contributed by atoms with E-state index in [4.69, 9.17) is 0 Å². The monoisotopic (exact) mass is 557 g/mol.